The highest BCUT2D eigenvalue weighted by atomic mass is 32.2. The van der Waals surface area contributed by atoms with Crippen molar-refractivity contribution in [1.82, 2.24) is 9.03 Å². The van der Waals surface area contributed by atoms with E-state index in [1.165, 1.54) is 4.31 Å². The molecule has 2 N–H and O–H groups in total. The number of hydrogen-bond acceptors (Lipinski definition) is 3. The lowest BCUT2D eigenvalue weighted by Gasteiger charge is -2.20. The first kappa shape index (κ1) is 11.8. The van der Waals surface area contributed by atoms with Crippen LogP contribution in [-0.2, 0) is 15.0 Å². The molecule has 7 heteroatoms. The standard InChI is InChI=1S/C9H16N2O4S/c1-9(8(12)13)4-5-11(6-9)16(14,15)10-7-2-3-7/h7,10H,2-6H2,1H3,(H,12,13). The first-order chi connectivity index (χ1) is 7.33. The number of nitrogens with one attached hydrogen (secondary N) is 1. The van der Waals surface area contributed by atoms with Crippen molar-refractivity contribution in [3.05, 3.63) is 0 Å². The molecule has 92 valence electrons. The van der Waals surface area contributed by atoms with E-state index in [4.69, 9.17) is 5.11 Å². The van der Waals surface area contributed by atoms with Crippen LogP contribution in [0.15, 0.2) is 0 Å². The van der Waals surface area contributed by atoms with Gasteiger partial charge in [0.05, 0.1) is 5.41 Å². The van der Waals surface area contributed by atoms with E-state index in [0.717, 1.165) is 12.8 Å². The number of carboxylic acid groups (broad SMARTS) is 1. The maximum absolute atomic E-state index is 11.8. The fourth-order valence-corrected chi connectivity index (χ4v) is 3.38. The monoisotopic (exact) mass is 248 g/mol. The number of rotatable bonds is 4. The number of hydrogen-bond donors (Lipinski definition) is 2. The van der Waals surface area contributed by atoms with Crippen molar-refractivity contribution >= 4 is 16.2 Å². The van der Waals surface area contributed by atoms with Crippen LogP contribution < -0.4 is 4.72 Å². The molecular formula is C9H16N2O4S. The van der Waals surface area contributed by atoms with Gasteiger partial charge in [0, 0.05) is 19.1 Å². The molecule has 1 saturated heterocycles. The van der Waals surface area contributed by atoms with Gasteiger partial charge in [-0.1, -0.05) is 0 Å². The largest absolute Gasteiger partial charge is 0.481 e. The van der Waals surface area contributed by atoms with Crippen LogP contribution in [0.25, 0.3) is 0 Å². The summed E-state index contributed by atoms with van der Waals surface area (Å²) in [6.45, 7) is 1.93. The van der Waals surface area contributed by atoms with Gasteiger partial charge in [-0.25, -0.2) is 0 Å². The van der Waals surface area contributed by atoms with Crippen LogP contribution in [0.2, 0.25) is 0 Å². The maximum atomic E-state index is 11.8. The van der Waals surface area contributed by atoms with Crippen LogP contribution in [0.4, 0.5) is 0 Å². The minimum absolute atomic E-state index is 0.0571. The molecule has 0 radical (unpaired) electrons. The minimum atomic E-state index is -3.48. The molecule has 0 bridgehead atoms. The molecule has 2 fully saturated rings. The van der Waals surface area contributed by atoms with Gasteiger partial charge in [0.15, 0.2) is 0 Å². The summed E-state index contributed by atoms with van der Waals surface area (Å²) in [5.41, 5.74) is -0.946. The summed E-state index contributed by atoms with van der Waals surface area (Å²) in [4.78, 5) is 11.0. The van der Waals surface area contributed by atoms with Gasteiger partial charge in [-0.05, 0) is 26.2 Å². The molecule has 1 aliphatic carbocycles. The first-order valence-corrected chi connectivity index (χ1v) is 6.78. The van der Waals surface area contributed by atoms with Crippen LogP contribution in [0.3, 0.4) is 0 Å². The topological polar surface area (TPSA) is 86.7 Å². The highest BCUT2D eigenvalue weighted by Gasteiger charge is 2.45. The normalized spacial score (nSPS) is 31.8. The molecule has 0 aromatic rings. The number of nitrogens with zero attached hydrogens (tertiary/aromatic N) is 1. The summed E-state index contributed by atoms with van der Waals surface area (Å²) in [5, 5.41) is 9.01. The summed E-state index contributed by atoms with van der Waals surface area (Å²) < 4.78 is 27.4. The van der Waals surface area contributed by atoms with Gasteiger partial charge >= 0.3 is 5.97 Å². The third kappa shape index (κ3) is 2.21. The maximum Gasteiger partial charge on any atom is 0.310 e. The van der Waals surface area contributed by atoms with Gasteiger partial charge in [-0.3, -0.25) is 4.79 Å². The Balaban J connectivity index is 2.04. The smallest absolute Gasteiger partial charge is 0.310 e. The van der Waals surface area contributed by atoms with Gasteiger partial charge in [0.2, 0.25) is 0 Å². The lowest BCUT2D eigenvalue weighted by molar-refractivity contribution is -0.146. The van der Waals surface area contributed by atoms with E-state index in [0.29, 0.717) is 6.42 Å². The molecule has 0 aromatic carbocycles. The Hall–Kier alpha value is -0.660. The van der Waals surface area contributed by atoms with Crippen molar-refractivity contribution in [2.24, 2.45) is 5.41 Å². The van der Waals surface area contributed by atoms with Crippen molar-refractivity contribution in [2.75, 3.05) is 13.1 Å². The lowest BCUT2D eigenvalue weighted by Crippen LogP contribution is -2.42. The van der Waals surface area contributed by atoms with Crippen LogP contribution in [-0.4, -0.2) is 42.9 Å². The summed E-state index contributed by atoms with van der Waals surface area (Å²) in [5.74, 6) is -0.934. The van der Waals surface area contributed by atoms with Crippen molar-refractivity contribution in [3.63, 3.8) is 0 Å². The van der Waals surface area contributed by atoms with Crippen LogP contribution in [0, 0.1) is 5.41 Å². The number of carbonyl (C=O) groups is 1. The molecular weight excluding hydrogens is 232 g/mol. The molecule has 2 aliphatic rings. The van der Waals surface area contributed by atoms with Crippen molar-refractivity contribution in [3.8, 4) is 0 Å². The second kappa shape index (κ2) is 3.68. The fraction of sp³-hybridized carbons (Fsp3) is 0.889. The van der Waals surface area contributed by atoms with E-state index in [-0.39, 0.29) is 19.1 Å². The van der Waals surface area contributed by atoms with E-state index in [9.17, 15) is 13.2 Å². The second-order valence-corrected chi connectivity index (χ2v) is 6.55. The zero-order valence-corrected chi connectivity index (χ0v) is 9.96. The first-order valence-electron chi connectivity index (χ1n) is 5.34. The third-order valence-electron chi connectivity index (χ3n) is 3.19. The minimum Gasteiger partial charge on any atom is -0.481 e. The highest BCUT2D eigenvalue weighted by Crippen LogP contribution is 2.32. The van der Waals surface area contributed by atoms with Crippen molar-refractivity contribution in [1.29, 1.82) is 0 Å². The van der Waals surface area contributed by atoms with Gasteiger partial charge in [0.25, 0.3) is 10.2 Å². The van der Waals surface area contributed by atoms with Crippen LogP contribution in [0.5, 0.6) is 0 Å². The van der Waals surface area contributed by atoms with E-state index in [1.54, 1.807) is 6.92 Å². The predicted octanol–water partition coefficient (Wildman–Crippen LogP) is -0.220. The molecule has 1 aliphatic heterocycles. The molecule has 0 amide bonds. The Kier molecular flexibility index (Phi) is 2.72. The highest BCUT2D eigenvalue weighted by molar-refractivity contribution is 7.87. The average molecular weight is 248 g/mol. The number of aliphatic carboxylic acids is 1. The molecule has 16 heavy (non-hydrogen) atoms. The van der Waals surface area contributed by atoms with Crippen molar-refractivity contribution < 1.29 is 18.3 Å². The van der Waals surface area contributed by atoms with Crippen molar-refractivity contribution in [2.45, 2.75) is 32.2 Å². The molecule has 6 nitrogen and oxygen atoms in total. The fourth-order valence-electron chi connectivity index (χ4n) is 1.78. The summed E-state index contributed by atoms with van der Waals surface area (Å²) in [6, 6.07) is 0.0571. The molecule has 0 spiro atoms. The SMILES string of the molecule is CC1(C(=O)O)CCN(S(=O)(=O)NC2CC2)C1. The van der Waals surface area contributed by atoms with Gasteiger partial charge < -0.3 is 5.11 Å². The molecule has 1 unspecified atom stereocenters. The Morgan fingerprint density at radius 1 is 1.50 bits per heavy atom. The molecule has 0 aromatic heterocycles. The summed E-state index contributed by atoms with van der Waals surface area (Å²) >= 11 is 0. The van der Waals surface area contributed by atoms with Crippen LogP contribution in [0.1, 0.15) is 26.2 Å². The summed E-state index contributed by atoms with van der Waals surface area (Å²) in [6.07, 6.45) is 2.13. The average Bonchev–Trinajstić information content (AvgIpc) is 2.85. The Bertz CT molecular complexity index is 404. The zero-order valence-electron chi connectivity index (χ0n) is 9.14. The predicted molar refractivity (Wildman–Crippen MR) is 57.0 cm³/mol. The number of carboxylic acids is 1. The van der Waals surface area contributed by atoms with Crippen LogP contribution >= 0.6 is 0 Å². The third-order valence-corrected chi connectivity index (χ3v) is 4.81. The van der Waals surface area contributed by atoms with E-state index < -0.39 is 21.6 Å². The van der Waals surface area contributed by atoms with E-state index >= 15 is 0 Å². The van der Waals surface area contributed by atoms with Gasteiger partial charge in [0.1, 0.15) is 0 Å². The summed E-state index contributed by atoms with van der Waals surface area (Å²) in [7, 11) is -3.48. The second-order valence-electron chi connectivity index (χ2n) is 4.85. The van der Waals surface area contributed by atoms with Gasteiger partial charge in [-0.2, -0.15) is 17.4 Å². The molecule has 1 heterocycles. The Labute approximate surface area is 94.8 Å². The Morgan fingerprint density at radius 3 is 2.56 bits per heavy atom. The van der Waals surface area contributed by atoms with E-state index in [1.807, 2.05) is 0 Å². The Morgan fingerprint density at radius 2 is 2.12 bits per heavy atom. The zero-order chi connectivity index (χ0) is 12.0. The molecule has 1 saturated carbocycles. The van der Waals surface area contributed by atoms with E-state index in [2.05, 4.69) is 4.72 Å². The molecule has 1 atom stereocenters. The quantitative estimate of drug-likeness (QED) is 0.720. The lowest BCUT2D eigenvalue weighted by atomic mass is 9.90. The molecule has 2 rings (SSSR count). The van der Waals surface area contributed by atoms with Gasteiger partial charge in [-0.15, -0.1) is 0 Å².